The van der Waals surface area contributed by atoms with Crippen molar-refractivity contribution >= 4 is 5.82 Å². The zero-order valence-electron chi connectivity index (χ0n) is 13.2. The lowest BCUT2D eigenvalue weighted by Gasteiger charge is -2.28. The third-order valence-corrected chi connectivity index (χ3v) is 4.26. The van der Waals surface area contributed by atoms with Gasteiger partial charge < -0.3 is 15.4 Å². The van der Waals surface area contributed by atoms with Crippen molar-refractivity contribution in [3.63, 3.8) is 0 Å². The number of nitrogens with one attached hydrogen (secondary N) is 2. The molecule has 0 unspecified atom stereocenters. The number of hydrogen-bond acceptors (Lipinski definition) is 5. The Morgan fingerprint density at radius 3 is 2.87 bits per heavy atom. The van der Waals surface area contributed by atoms with Gasteiger partial charge in [0.15, 0.2) is 0 Å². The minimum absolute atomic E-state index is 0.0588. The first kappa shape index (κ1) is 15.7. The minimum Gasteiger partial charge on any atom is -0.391 e. The highest BCUT2D eigenvalue weighted by atomic mass is 16.3. The van der Waals surface area contributed by atoms with Crippen LogP contribution in [-0.2, 0) is 6.42 Å². The van der Waals surface area contributed by atoms with Gasteiger partial charge in [0.25, 0.3) is 5.56 Å². The second-order valence-corrected chi connectivity index (χ2v) is 5.97. The summed E-state index contributed by atoms with van der Waals surface area (Å²) in [5.41, 5.74) is 1.38. The van der Waals surface area contributed by atoms with Gasteiger partial charge >= 0.3 is 0 Å². The molecule has 1 aliphatic rings. The number of aromatic nitrogens is 3. The zero-order chi connectivity index (χ0) is 16.2. The maximum Gasteiger partial charge on any atom is 0.251 e. The Morgan fingerprint density at radius 2 is 2.17 bits per heavy atom. The van der Waals surface area contributed by atoms with Crippen LogP contribution in [0.15, 0.2) is 29.2 Å². The molecule has 1 fully saturated rings. The van der Waals surface area contributed by atoms with E-state index in [0.29, 0.717) is 12.2 Å². The molecule has 0 radical (unpaired) electrons. The van der Waals surface area contributed by atoms with Gasteiger partial charge in [-0.2, -0.15) is 0 Å². The van der Waals surface area contributed by atoms with E-state index in [1.54, 1.807) is 6.20 Å². The van der Waals surface area contributed by atoms with Gasteiger partial charge in [0.2, 0.25) is 0 Å². The molecule has 1 saturated carbocycles. The molecule has 3 N–H and O–H groups in total. The van der Waals surface area contributed by atoms with Gasteiger partial charge in [0.05, 0.1) is 12.1 Å². The Hall–Kier alpha value is -2.21. The SMILES string of the molecule is CCc1cc(=O)[nH]c(-c2ccc(N[C@H]3CCCC[C@@H]3O)nc2)n1. The summed E-state index contributed by atoms with van der Waals surface area (Å²) in [5.74, 6) is 1.26. The van der Waals surface area contributed by atoms with Gasteiger partial charge in [-0.3, -0.25) is 4.79 Å². The van der Waals surface area contributed by atoms with Crippen LogP contribution in [-0.4, -0.2) is 32.2 Å². The normalized spacial score (nSPS) is 21.1. The van der Waals surface area contributed by atoms with Gasteiger partial charge in [0.1, 0.15) is 11.6 Å². The van der Waals surface area contributed by atoms with Gasteiger partial charge in [-0.1, -0.05) is 19.8 Å². The summed E-state index contributed by atoms with van der Waals surface area (Å²) in [7, 11) is 0. The van der Waals surface area contributed by atoms with Gasteiger partial charge in [0, 0.05) is 23.5 Å². The molecule has 23 heavy (non-hydrogen) atoms. The molecule has 0 bridgehead atoms. The van der Waals surface area contributed by atoms with Crippen molar-refractivity contribution < 1.29 is 5.11 Å². The fourth-order valence-corrected chi connectivity index (χ4v) is 2.91. The Kier molecular flexibility index (Phi) is 4.71. The molecule has 0 aromatic carbocycles. The van der Waals surface area contributed by atoms with Crippen molar-refractivity contribution in [1.82, 2.24) is 15.0 Å². The summed E-state index contributed by atoms with van der Waals surface area (Å²) < 4.78 is 0. The summed E-state index contributed by atoms with van der Waals surface area (Å²) in [6.07, 6.45) is 6.09. The van der Waals surface area contributed by atoms with Crippen molar-refractivity contribution in [2.24, 2.45) is 0 Å². The first-order chi connectivity index (χ1) is 11.2. The lowest BCUT2D eigenvalue weighted by Crippen LogP contribution is -2.36. The lowest BCUT2D eigenvalue weighted by molar-refractivity contribution is 0.116. The average molecular weight is 314 g/mol. The van der Waals surface area contributed by atoms with E-state index in [4.69, 9.17) is 0 Å². The van der Waals surface area contributed by atoms with E-state index in [2.05, 4.69) is 20.3 Å². The first-order valence-corrected chi connectivity index (χ1v) is 8.17. The zero-order valence-corrected chi connectivity index (χ0v) is 13.2. The van der Waals surface area contributed by atoms with E-state index in [9.17, 15) is 9.90 Å². The Morgan fingerprint density at radius 1 is 1.35 bits per heavy atom. The summed E-state index contributed by atoms with van der Waals surface area (Å²) in [6.45, 7) is 1.96. The third kappa shape index (κ3) is 3.76. The smallest absolute Gasteiger partial charge is 0.251 e. The molecule has 122 valence electrons. The van der Waals surface area contributed by atoms with Crippen LogP contribution in [0.4, 0.5) is 5.82 Å². The minimum atomic E-state index is -0.315. The van der Waals surface area contributed by atoms with Crippen molar-refractivity contribution in [2.45, 2.75) is 51.2 Å². The Balaban J connectivity index is 1.76. The number of aromatic amines is 1. The van der Waals surface area contributed by atoms with Gasteiger partial charge in [-0.25, -0.2) is 9.97 Å². The third-order valence-electron chi connectivity index (χ3n) is 4.26. The van der Waals surface area contributed by atoms with Crippen LogP contribution in [0.25, 0.3) is 11.4 Å². The quantitative estimate of drug-likeness (QED) is 0.804. The highest BCUT2D eigenvalue weighted by Gasteiger charge is 2.22. The molecule has 2 aromatic heterocycles. The molecule has 0 saturated heterocycles. The van der Waals surface area contributed by atoms with Crippen LogP contribution in [0, 0.1) is 0 Å². The molecular formula is C17H22N4O2. The number of rotatable bonds is 4. The summed E-state index contributed by atoms with van der Waals surface area (Å²) in [6, 6.07) is 5.30. The second kappa shape index (κ2) is 6.91. The van der Waals surface area contributed by atoms with Crippen molar-refractivity contribution in [1.29, 1.82) is 0 Å². The van der Waals surface area contributed by atoms with E-state index in [1.807, 2.05) is 19.1 Å². The van der Waals surface area contributed by atoms with E-state index >= 15 is 0 Å². The number of H-pyrrole nitrogens is 1. The topological polar surface area (TPSA) is 90.9 Å². The fraction of sp³-hybridized carbons (Fsp3) is 0.471. The fourth-order valence-electron chi connectivity index (χ4n) is 2.91. The van der Waals surface area contributed by atoms with Crippen LogP contribution in [0.3, 0.4) is 0 Å². The van der Waals surface area contributed by atoms with Crippen molar-refractivity contribution in [3.8, 4) is 11.4 Å². The van der Waals surface area contributed by atoms with Crippen LogP contribution in [0.1, 0.15) is 38.3 Å². The molecule has 6 nitrogen and oxygen atoms in total. The van der Waals surface area contributed by atoms with Crippen molar-refractivity contribution in [3.05, 3.63) is 40.4 Å². The number of nitrogens with zero attached hydrogens (tertiary/aromatic N) is 2. The highest BCUT2D eigenvalue weighted by molar-refractivity contribution is 5.56. The van der Waals surface area contributed by atoms with Crippen LogP contribution < -0.4 is 10.9 Å². The Labute approximate surface area is 135 Å². The number of aryl methyl sites for hydroxylation is 1. The summed E-state index contributed by atoms with van der Waals surface area (Å²) >= 11 is 0. The van der Waals surface area contributed by atoms with Crippen LogP contribution in [0.5, 0.6) is 0 Å². The molecule has 0 amide bonds. The summed E-state index contributed by atoms with van der Waals surface area (Å²) in [5, 5.41) is 13.3. The number of pyridine rings is 1. The van der Waals surface area contributed by atoms with Crippen LogP contribution in [0.2, 0.25) is 0 Å². The molecule has 2 atom stereocenters. The first-order valence-electron chi connectivity index (χ1n) is 8.17. The molecular weight excluding hydrogens is 292 g/mol. The van der Waals surface area contributed by atoms with E-state index in [-0.39, 0.29) is 17.7 Å². The predicted octanol–water partition coefficient (Wildman–Crippen LogP) is 2.11. The number of aliphatic hydroxyl groups is 1. The largest absolute Gasteiger partial charge is 0.391 e. The predicted molar refractivity (Wildman–Crippen MR) is 89.4 cm³/mol. The van der Waals surface area contributed by atoms with Gasteiger partial charge in [-0.05, 0) is 31.4 Å². The van der Waals surface area contributed by atoms with Gasteiger partial charge in [-0.15, -0.1) is 0 Å². The molecule has 2 aromatic rings. The molecule has 0 spiro atoms. The molecule has 3 rings (SSSR count). The highest BCUT2D eigenvalue weighted by Crippen LogP contribution is 2.22. The summed E-state index contributed by atoms with van der Waals surface area (Å²) in [4.78, 5) is 23.2. The number of aliphatic hydroxyl groups excluding tert-OH is 1. The Bertz CT molecular complexity index is 711. The molecule has 2 heterocycles. The average Bonchev–Trinajstić information content (AvgIpc) is 2.57. The maximum absolute atomic E-state index is 11.7. The molecule has 6 heteroatoms. The van der Waals surface area contributed by atoms with E-state index in [0.717, 1.165) is 42.8 Å². The maximum atomic E-state index is 11.7. The standard InChI is InChI=1S/C17H22N4O2/c1-2-12-9-16(23)21-17(19-12)11-7-8-15(18-10-11)20-13-5-3-4-6-14(13)22/h7-10,13-14,22H,2-6H2,1H3,(H,18,20)(H,19,21,23)/t13-,14-/m0/s1. The monoisotopic (exact) mass is 314 g/mol. The number of hydrogen-bond donors (Lipinski definition) is 3. The lowest BCUT2D eigenvalue weighted by atomic mass is 9.92. The second-order valence-electron chi connectivity index (χ2n) is 5.97. The number of anilines is 1. The molecule has 1 aliphatic carbocycles. The van der Waals surface area contributed by atoms with Crippen LogP contribution >= 0.6 is 0 Å². The van der Waals surface area contributed by atoms with E-state index in [1.165, 1.54) is 6.07 Å². The van der Waals surface area contributed by atoms with E-state index < -0.39 is 0 Å². The molecule has 0 aliphatic heterocycles. The van der Waals surface area contributed by atoms with Crippen molar-refractivity contribution in [2.75, 3.05) is 5.32 Å².